The standard InChI is InChI=1S/C16H15N3O4/c1-23-14-4-2-3-11(8-14)16(20)10-18-13-5-6-15(19(21)22)12(7-13)9-17/h2-8,16,18,20H,10H2,1H3/t16-/m1/s1. The number of aliphatic hydroxyl groups excluding tert-OH is 1. The van der Waals surface area contributed by atoms with Gasteiger partial charge in [0.1, 0.15) is 17.4 Å². The molecule has 1 atom stereocenters. The number of nitrogens with zero attached hydrogens (tertiary/aromatic N) is 2. The molecule has 0 aromatic heterocycles. The average molecular weight is 313 g/mol. The van der Waals surface area contributed by atoms with E-state index in [-0.39, 0.29) is 17.8 Å². The van der Waals surface area contributed by atoms with Crippen molar-refractivity contribution in [2.75, 3.05) is 19.0 Å². The van der Waals surface area contributed by atoms with Gasteiger partial charge in [0.25, 0.3) is 5.69 Å². The summed E-state index contributed by atoms with van der Waals surface area (Å²) in [5, 5.41) is 32.9. The lowest BCUT2D eigenvalue weighted by Crippen LogP contribution is -2.12. The molecule has 7 nitrogen and oxygen atoms in total. The van der Waals surface area contributed by atoms with E-state index in [0.717, 1.165) is 0 Å². The monoisotopic (exact) mass is 313 g/mol. The Hall–Kier alpha value is -3.11. The molecular formula is C16H15N3O4. The van der Waals surface area contributed by atoms with Crippen molar-refractivity contribution in [2.45, 2.75) is 6.10 Å². The minimum atomic E-state index is -0.786. The Morgan fingerprint density at radius 3 is 2.83 bits per heavy atom. The first-order valence-electron chi connectivity index (χ1n) is 6.79. The Labute approximate surface area is 132 Å². The van der Waals surface area contributed by atoms with Crippen molar-refractivity contribution >= 4 is 11.4 Å². The second-order valence-electron chi connectivity index (χ2n) is 4.77. The molecule has 23 heavy (non-hydrogen) atoms. The van der Waals surface area contributed by atoms with E-state index in [4.69, 9.17) is 10.00 Å². The van der Waals surface area contributed by atoms with E-state index >= 15 is 0 Å². The number of nitriles is 1. The maximum absolute atomic E-state index is 10.8. The molecule has 2 aromatic rings. The number of benzene rings is 2. The molecule has 0 aliphatic carbocycles. The molecule has 0 amide bonds. The summed E-state index contributed by atoms with van der Waals surface area (Å²) in [6.07, 6.45) is -0.786. The Morgan fingerprint density at radius 1 is 1.39 bits per heavy atom. The van der Waals surface area contributed by atoms with Crippen LogP contribution in [0.5, 0.6) is 5.75 Å². The van der Waals surface area contributed by atoms with Gasteiger partial charge < -0.3 is 15.2 Å². The molecule has 0 saturated heterocycles. The van der Waals surface area contributed by atoms with Gasteiger partial charge in [0.2, 0.25) is 0 Å². The molecule has 0 saturated carbocycles. The molecule has 0 fully saturated rings. The molecule has 0 heterocycles. The molecule has 0 unspecified atom stereocenters. The summed E-state index contributed by atoms with van der Waals surface area (Å²) >= 11 is 0. The molecule has 2 aromatic carbocycles. The number of hydrogen-bond donors (Lipinski definition) is 2. The Balaban J connectivity index is 2.08. The number of nitrogens with one attached hydrogen (secondary N) is 1. The van der Waals surface area contributed by atoms with E-state index in [9.17, 15) is 15.2 Å². The average Bonchev–Trinajstić information content (AvgIpc) is 2.59. The van der Waals surface area contributed by atoms with E-state index in [0.29, 0.717) is 17.0 Å². The van der Waals surface area contributed by atoms with Crippen LogP contribution in [0, 0.1) is 21.4 Å². The number of hydrogen-bond acceptors (Lipinski definition) is 6. The van der Waals surface area contributed by atoms with Crippen molar-refractivity contribution in [3.05, 3.63) is 63.7 Å². The number of anilines is 1. The Morgan fingerprint density at radius 2 is 2.17 bits per heavy atom. The zero-order chi connectivity index (χ0) is 16.8. The Bertz CT molecular complexity index is 755. The van der Waals surface area contributed by atoms with E-state index in [1.165, 1.54) is 18.2 Å². The van der Waals surface area contributed by atoms with Crippen LogP contribution in [-0.2, 0) is 0 Å². The summed E-state index contributed by atoms with van der Waals surface area (Å²) in [6, 6.07) is 13.0. The van der Waals surface area contributed by atoms with Gasteiger partial charge in [-0.1, -0.05) is 12.1 Å². The number of aliphatic hydroxyl groups is 1. The van der Waals surface area contributed by atoms with Gasteiger partial charge in [0.05, 0.1) is 18.1 Å². The van der Waals surface area contributed by atoms with Gasteiger partial charge in [-0.05, 0) is 29.8 Å². The highest BCUT2D eigenvalue weighted by Gasteiger charge is 2.14. The predicted octanol–water partition coefficient (Wildman–Crippen LogP) is 2.62. The second-order valence-corrected chi connectivity index (χ2v) is 4.77. The van der Waals surface area contributed by atoms with Gasteiger partial charge >= 0.3 is 0 Å². The van der Waals surface area contributed by atoms with E-state index in [1.807, 2.05) is 0 Å². The minimum Gasteiger partial charge on any atom is -0.497 e. The highest BCUT2D eigenvalue weighted by Crippen LogP contribution is 2.23. The van der Waals surface area contributed by atoms with Gasteiger partial charge in [0.15, 0.2) is 0 Å². The van der Waals surface area contributed by atoms with Crippen LogP contribution in [0.3, 0.4) is 0 Å². The summed E-state index contributed by atoms with van der Waals surface area (Å²) in [5.74, 6) is 0.642. The predicted molar refractivity (Wildman–Crippen MR) is 84.3 cm³/mol. The zero-order valence-electron chi connectivity index (χ0n) is 12.4. The number of nitro groups is 1. The van der Waals surface area contributed by atoms with E-state index in [2.05, 4.69) is 5.32 Å². The van der Waals surface area contributed by atoms with Gasteiger partial charge in [-0.25, -0.2) is 0 Å². The minimum absolute atomic E-state index is 0.0316. The van der Waals surface area contributed by atoms with Crippen LogP contribution in [0.4, 0.5) is 11.4 Å². The quantitative estimate of drug-likeness (QED) is 0.627. The van der Waals surface area contributed by atoms with Crippen LogP contribution >= 0.6 is 0 Å². The van der Waals surface area contributed by atoms with Crippen LogP contribution in [0.2, 0.25) is 0 Å². The number of nitro benzene ring substituents is 1. The number of methoxy groups -OCH3 is 1. The highest BCUT2D eigenvalue weighted by atomic mass is 16.6. The smallest absolute Gasteiger partial charge is 0.287 e. The van der Waals surface area contributed by atoms with Crippen molar-refractivity contribution in [1.82, 2.24) is 0 Å². The summed E-state index contributed by atoms with van der Waals surface area (Å²) in [7, 11) is 1.55. The Kier molecular flexibility index (Phi) is 5.12. The van der Waals surface area contributed by atoms with Gasteiger partial charge in [-0.15, -0.1) is 0 Å². The lowest BCUT2D eigenvalue weighted by Gasteiger charge is -2.14. The van der Waals surface area contributed by atoms with Crippen LogP contribution in [0.15, 0.2) is 42.5 Å². The summed E-state index contributed by atoms with van der Waals surface area (Å²) in [6.45, 7) is 0.190. The molecule has 0 aliphatic rings. The van der Waals surface area contributed by atoms with Crippen LogP contribution in [0.1, 0.15) is 17.2 Å². The third-order valence-electron chi connectivity index (χ3n) is 3.29. The van der Waals surface area contributed by atoms with Crippen molar-refractivity contribution in [2.24, 2.45) is 0 Å². The molecule has 0 radical (unpaired) electrons. The molecule has 2 rings (SSSR count). The second kappa shape index (κ2) is 7.24. The highest BCUT2D eigenvalue weighted by molar-refractivity contribution is 5.58. The molecule has 0 spiro atoms. The molecular weight excluding hydrogens is 298 g/mol. The topological polar surface area (TPSA) is 108 Å². The molecule has 0 aliphatic heterocycles. The first-order chi connectivity index (χ1) is 11.0. The van der Waals surface area contributed by atoms with Gasteiger partial charge in [0, 0.05) is 18.3 Å². The van der Waals surface area contributed by atoms with Gasteiger partial charge in [-0.3, -0.25) is 10.1 Å². The maximum atomic E-state index is 10.8. The van der Waals surface area contributed by atoms with Crippen LogP contribution < -0.4 is 10.1 Å². The SMILES string of the molecule is COc1cccc([C@H](O)CNc2ccc([N+](=O)[O-])c(C#N)c2)c1. The fraction of sp³-hybridized carbons (Fsp3) is 0.188. The lowest BCUT2D eigenvalue weighted by atomic mass is 10.1. The third kappa shape index (κ3) is 3.96. The lowest BCUT2D eigenvalue weighted by molar-refractivity contribution is -0.385. The summed E-state index contributed by atoms with van der Waals surface area (Å²) < 4.78 is 5.10. The molecule has 118 valence electrons. The fourth-order valence-corrected chi connectivity index (χ4v) is 2.08. The molecule has 7 heteroatoms. The molecule has 0 bridgehead atoms. The number of rotatable bonds is 6. The largest absolute Gasteiger partial charge is 0.497 e. The number of ether oxygens (including phenoxy) is 1. The van der Waals surface area contributed by atoms with E-state index < -0.39 is 11.0 Å². The first-order valence-corrected chi connectivity index (χ1v) is 6.79. The maximum Gasteiger partial charge on any atom is 0.287 e. The summed E-state index contributed by atoms with van der Waals surface area (Å²) in [4.78, 5) is 10.2. The van der Waals surface area contributed by atoms with E-state index in [1.54, 1.807) is 37.4 Å². The summed E-state index contributed by atoms with van der Waals surface area (Å²) in [5.41, 5.74) is 0.927. The van der Waals surface area contributed by atoms with Crippen molar-refractivity contribution in [1.29, 1.82) is 5.26 Å². The molecule has 2 N–H and O–H groups in total. The van der Waals surface area contributed by atoms with Crippen LogP contribution in [0.25, 0.3) is 0 Å². The first kappa shape index (κ1) is 16.3. The van der Waals surface area contributed by atoms with Crippen molar-refractivity contribution < 1.29 is 14.8 Å². The fourth-order valence-electron chi connectivity index (χ4n) is 2.08. The van der Waals surface area contributed by atoms with Crippen molar-refractivity contribution in [3.63, 3.8) is 0 Å². The third-order valence-corrected chi connectivity index (χ3v) is 3.29. The van der Waals surface area contributed by atoms with Crippen LogP contribution in [-0.4, -0.2) is 23.7 Å². The van der Waals surface area contributed by atoms with Crippen molar-refractivity contribution in [3.8, 4) is 11.8 Å². The normalized spacial score (nSPS) is 11.3. The zero-order valence-corrected chi connectivity index (χ0v) is 12.4. The van der Waals surface area contributed by atoms with Gasteiger partial charge in [-0.2, -0.15) is 5.26 Å².